The lowest BCUT2D eigenvalue weighted by atomic mass is 10.2. The molecule has 0 unspecified atom stereocenters. The number of hydrogen-bond donors (Lipinski definition) is 0. The van der Waals surface area contributed by atoms with E-state index in [9.17, 15) is 9.18 Å². The SMILES string of the molecule is CCN(C(=O)c1cc(Cl)nnc1Cl)c1ccccc1F. The fourth-order valence-corrected chi connectivity index (χ4v) is 2.06. The van der Waals surface area contributed by atoms with Crippen molar-refractivity contribution in [1.82, 2.24) is 10.2 Å². The number of benzene rings is 1. The molecule has 1 aromatic carbocycles. The van der Waals surface area contributed by atoms with E-state index in [-0.39, 0.29) is 28.1 Å². The standard InChI is InChI=1S/C13H10Cl2FN3O/c1-2-19(10-6-4-3-5-9(10)16)13(20)8-7-11(14)17-18-12(8)15/h3-7H,2H2,1H3. The van der Waals surface area contributed by atoms with E-state index in [1.54, 1.807) is 19.1 Å². The van der Waals surface area contributed by atoms with Crippen molar-refractivity contribution in [3.8, 4) is 0 Å². The Hall–Kier alpha value is -1.72. The van der Waals surface area contributed by atoms with Gasteiger partial charge in [-0.25, -0.2) is 4.39 Å². The maximum absolute atomic E-state index is 13.8. The van der Waals surface area contributed by atoms with Gasteiger partial charge in [0.2, 0.25) is 0 Å². The van der Waals surface area contributed by atoms with Crippen molar-refractivity contribution < 1.29 is 9.18 Å². The third-order valence-corrected chi connectivity index (χ3v) is 3.12. The maximum atomic E-state index is 13.8. The van der Waals surface area contributed by atoms with Gasteiger partial charge < -0.3 is 4.90 Å². The fourth-order valence-electron chi connectivity index (χ4n) is 1.74. The Labute approximate surface area is 125 Å². The summed E-state index contributed by atoms with van der Waals surface area (Å²) in [6.07, 6.45) is 0. The van der Waals surface area contributed by atoms with Gasteiger partial charge in [-0.1, -0.05) is 35.3 Å². The summed E-state index contributed by atoms with van der Waals surface area (Å²) in [5.74, 6) is -0.980. The molecule has 0 bridgehead atoms. The minimum atomic E-state index is -0.494. The summed E-state index contributed by atoms with van der Waals surface area (Å²) in [5.41, 5.74) is 0.251. The van der Waals surface area contributed by atoms with Crippen LogP contribution in [0, 0.1) is 5.82 Å². The molecule has 4 nitrogen and oxygen atoms in total. The fraction of sp³-hybridized carbons (Fsp3) is 0.154. The number of hydrogen-bond acceptors (Lipinski definition) is 3. The Kier molecular flexibility index (Phi) is 4.52. The van der Waals surface area contributed by atoms with Gasteiger partial charge in [-0.3, -0.25) is 4.79 Å². The molecule has 0 saturated heterocycles. The first kappa shape index (κ1) is 14.7. The van der Waals surface area contributed by atoms with Crippen molar-refractivity contribution in [2.75, 3.05) is 11.4 Å². The monoisotopic (exact) mass is 313 g/mol. The van der Waals surface area contributed by atoms with Crippen molar-refractivity contribution >= 4 is 34.8 Å². The highest BCUT2D eigenvalue weighted by Gasteiger charge is 2.22. The summed E-state index contributed by atoms with van der Waals surface area (Å²) in [6, 6.07) is 7.30. The van der Waals surface area contributed by atoms with Gasteiger partial charge in [-0.05, 0) is 25.1 Å². The smallest absolute Gasteiger partial charge is 0.261 e. The Morgan fingerprint density at radius 3 is 2.65 bits per heavy atom. The van der Waals surface area contributed by atoms with Crippen LogP contribution in [-0.2, 0) is 0 Å². The Balaban J connectivity index is 2.45. The summed E-state index contributed by atoms with van der Waals surface area (Å²) in [6.45, 7) is 2.00. The second kappa shape index (κ2) is 6.15. The molecule has 104 valence electrons. The minimum Gasteiger partial charge on any atom is -0.306 e. The highest BCUT2D eigenvalue weighted by atomic mass is 35.5. The number of nitrogens with zero attached hydrogens (tertiary/aromatic N) is 3. The third-order valence-electron chi connectivity index (χ3n) is 2.65. The zero-order valence-electron chi connectivity index (χ0n) is 10.5. The van der Waals surface area contributed by atoms with Crippen LogP contribution in [0.4, 0.5) is 10.1 Å². The first-order chi connectivity index (χ1) is 9.54. The molecule has 7 heteroatoms. The number of amides is 1. The highest BCUT2D eigenvalue weighted by molar-refractivity contribution is 6.34. The van der Waals surface area contributed by atoms with Crippen LogP contribution >= 0.6 is 23.2 Å². The van der Waals surface area contributed by atoms with Crippen molar-refractivity contribution in [3.63, 3.8) is 0 Å². The van der Waals surface area contributed by atoms with Crippen LogP contribution in [0.5, 0.6) is 0 Å². The Morgan fingerprint density at radius 1 is 1.30 bits per heavy atom. The summed E-state index contributed by atoms with van der Waals surface area (Å²) in [5, 5.41) is 7.08. The lowest BCUT2D eigenvalue weighted by Crippen LogP contribution is -2.31. The normalized spacial score (nSPS) is 10.4. The molecule has 0 atom stereocenters. The minimum absolute atomic E-state index is 0.0438. The summed E-state index contributed by atoms with van der Waals surface area (Å²) < 4.78 is 13.8. The molecule has 1 heterocycles. The first-order valence-electron chi connectivity index (χ1n) is 5.79. The number of anilines is 1. The average Bonchev–Trinajstić information content (AvgIpc) is 2.44. The third kappa shape index (κ3) is 2.89. The molecule has 0 aliphatic carbocycles. The molecule has 0 aliphatic rings. The van der Waals surface area contributed by atoms with Gasteiger partial charge in [0.25, 0.3) is 5.91 Å². The molecule has 20 heavy (non-hydrogen) atoms. The molecule has 0 spiro atoms. The van der Waals surface area contributed by atoms with Gasteiger partial charge >= 0.3 is 0 Å². The number of aromatic nitrogens is 2. The lowest BCUT2D eigenvalue weighted by Gasteiger charge is -2.21. The predicted molar refractivity (Wildman–Crippen MR) is 75.8 cm³/mol. The summed E-state index contributed by atoms with van der Waals surface area (Å²) in [7, 11) is 0. The molecule has 0 aliphatic heterocycles. The van der Waals surface area contributed by atoms with Crippen LogP contribution < -0.4 is 4.90 Å². The zero-order valence-corrected chi connectivity index (χ0v) is 12.0. The summed E-state index contributed by atoms with van der Waals surface area (Å²) in [4.78, 5) is 13.7. The Bertz CT molecular complexity index is 651. The number of carbonyl (C=O) groups is 1. The van der Waals surface area contributed by atoms with Gasteiger partial charge in [0, 0.05) is 6.54 Å². The van der Waals surface area contributed by atoms with E-state index in [0.29, 0.717) is 0 Å². The van der Waals surface area contributed by atoms with E-state index in [2.05, 4.69) is 10.2 Å². The molecular weight excluding hydrogens is 304 g/mol. The zero-order chi connectivity index (χ0) is 14.7. The molecule has 2 aromatic rings. The quantitative estimate of drug-likeness (QED) is 0.870. The van der Waals surface area contributed by atoms with E-state index in [1.807, 2.05) is 0 Å². The largest absolute Gasteiger partial charge is 0.306 e. The maximum Gasteiger partial charge on any atom is 0.261 e. The van der Waals surface area contributed by atoms with E-state index in [4.69, 9.17) is 23.2 Å². The van der Waals surface area contributed by atoms with Crippen molar-refractivity contribution in [1.29, 1.82) is 0 Å². The number of halogens is 3. The molecule has 0 N–H and O–H groups in total. The van der Waals surface area contributed by atoms with Gasteiger partial charge in [-0.15, -0.1) is 10.2 Å². The first-order valence-corrected chi connectivity index (χ1v) is 6.55. The van der Waals surface area contributed by atoms with Crippen LogP contribution in [0.2, 0.25) is 10.3 Å². The van der Waals surface area contributed by atoms with E-state index in [1.165, 1.54) is 23.1 Å². The average molecular weight is 314 g/mol. The summed E-state index contributed by atoms with van der Waals surface area (Å²) >= 11 is 11.6. The van der Waals surface area contributed by atoms with Crippen LogP contribution in [0.3, 0.4) is 0 Å². The van der Waals surface area contributed by atoms with Crippen LogP contribution in [-0.4, -0.2) is 22.6 Å². The molecule has 0 saturated carbocycles. The predicted octanol–water partition coefficient (Wildman–Crippen LogP) is 3.59. The topological polar surface area (TPSA) is 46.1 Å². The number of para-hydroxylation sites is 1. The molecule has 2 rings (SSSR count). The van der Waals surface area contributed by atoms with Crippen molar-refractivity contribution in [3.05, 3.63) is 52.0 Å². The van der Waals surface area contributed by atoms with Crippen LogP contribution in [0.25, 0.3) is 0 Å². The number of carbonyl (C=O) groups excluding carboxylic acids is 1. The molecule has 1 amide bonds. The second-order valence-corrected chi connectivity index (χ2v) is 4.62. The molecular formula is C13H10Cl2FN3O. The van der Waals surface area contributed by atoms with E-state index >= 15 is 0 Å². The van der Waals surface area contributed by atoms with Crippen molar-refractivity contribution in [2.45, 2.75) is 6.92 Å². The van der Waals surface area contributed by atoms with E-state index < -0.39 is 11.7 Å². The van der Waals surface area contributed by atoms with Gasteiger partial charge in [-0.2, -0.15) is 0 Å². The molecule has 0 radical (unpaired) electrons. The molecule has 1 aromatic heterocycles. The van der Waals surface area contributed by atoms with Gasteiger partial charge in [0.1, 0.15) is 5.82 Å². The van der Waals surface area contributed by atoms with E-state index in [0.717, 1.165) is 0 Å². The van der Waals surface area contributed by atoms with Gasteiger partial charge in [0.15, 0.2) is 10.3 Å². The van der Waals surface area contributed by atoms with Gasteiger partial charge in [0.05, 0.1) is 11.3 Å². The lowest BCUT2D eigenvalue weighted by molar-refractivity contribution is 0.0987. The highest BCUT2D eigenvalue weighted by Crippen LogP contribution is 2.23. The molecule has 0 fully saturated rings. The number of rotatable bonds is 3. The van der Waals surface area contributed by atoms with Crippen LogP contribution in [0.15, 0.2) is 30.3 Å². The van der Waals surface area contributed by atoms with Crippen LogP contribution in [0.1, 0.15) is 17.3 Å². The Morgan fingerprint density at radius 2 is 2.00 bits per heavy atom. The van der Waals surface area contributed by atoms with Crippen molar-refractivity contribution in [2.24, 2.45) is 0 Å². The second-order valence-electron chi connectivity index (χ2n) is 3.87.